The normalized spacial score (nSPS) is 16.3. The summed E-state index contributed by atoms with van der Waals surface area (Å²) in [5.74, 6) is 0. The van der Waals surface area contributed by atoms with Crippen molar-refractivity contribution in [2.45, 2.75) is 32.6 Å². The van der Waals surface area contributed by atoms with Gasteiger partial charge in [0.1, 0.15) is 0 Å². The fraction of sp³-hybridized carbons (Fsp3) is 0.750. The first-order chi connectivity index (χ1) is 10.9. The monoisotopic (exact) mass is 340 g/mol. The van der Waals surface area contributed by atoms with Crippen LogP contribution in [0.3, 0.4) is 0 Å². The SMILES string of the molecule is CC(C)(C)c1csc(CCNC(=O)NCCN2CCOCC2)n1. The summed E-state index contributed by atoms with van der Waals surface area (Å²) in [6, 6.07) is -0.106. The van der Waals surface area contributed by atoms with Crippen molar-refractivity contribution in [2.24, 2.45) is 0 Å². The Morgan fingerprint density at radius 2 is 2.00 bits per heavy atom. The van der Waals surface area contributed by atoms with Crippen molar-refractivity contribution >= 4 is 17.4 Å². The zero-order valence-electron chi connectivity index (χ0n) is 14.4. The number of hydrogen-bond donors (Lipinski definition) is 2. The maximum absolute atomic E-state index is 11.8. The molecule has 1 aliphatic rings. The van der Waals surface area contributed by atoms with Crippen LogP contribution in [0, 0.1) is 0 Å². The van der Waals surface area contributed by atoms with E-state index in [0.29, 0.717) is 13.1 Å². The number of rotatable bonds is 6. The van der Waals surface area contributed by atoms with E-state index < -0.39 is 0 Å². The van der Waals surface area contributed by atoms with Gasteiger partial charge in [-0.15, -0.1) is 11.3 Å². The van der Waals surface area contributed by atoms with Gasteiger partial charge in [0.25, 0.3) is 0 Å². The molecule has 1 aromatic heterocycles. The fourth-order valence-corrected chi connectivity index (χ4v) is 3.29. The number of nitrogens with zero attached hydrogens (tertiary/aromatic N) is 2. The van der Waals surface area contributed by atoms with Crippen molar-refractivity contribution in [3.63, 3.8) is 0 Å². The zero-order chi connectivity index (χ0) is 16.7. The van der Waals surface area contributed by atoms with E-state index in [9.17, 15) is 4.79 Å². The lowest BCUT2D eigenvalue weighted by molar-refractivity contribution is 0.0387. The van der Waals surface area contributed by atoms with E-state index in [0.717, 1.165) is 50.0 Å². The summed E-state index contributed by atoms with van der Waals surface area (Å²) in [7, 11) is 0. The molecule has 1 aliphatic heterocycles. The lowest BCUT2D eigenvalue weighted by Gasteiger charge is -2.26. The molecule has 0 atom stereocenters. The highest BCUT2D eigenvalue weighted by Crippen LogP contribution is 2.23. The van der Waals surface area contributed by atoms with Gasteiger partial charge in [0, 0.05) is 49.9 Å². The van der Waals surface area contributed by atoms with Crippen molar-refractivity contribution in [3.05, 3.63) is 16.1 Å². The van der Waals surface area contributed by atoms with E-state index >= 15 is 0 Å². The number of hydrogen-bond acceptors (Lipinski definition) is 5. The first-order valence-corrected chi connectivity index (χ1v) is 9.10. The summed E-state index contributed by atoms with van der Waals surface area (Å²) in [4.78, 5) is 18.7. The Kier molecular flexibility index (Phi) is 6.80. The molecule has 2 amide bonds. The summed E-state index contributed by atoms with van der Waals surface area (Å²) >= 11 is 1.66. The molecule has 1 saturated heterocycles. The zero-order valence-corrected chi connectivity index (χ0v) is 15.2. The molecule has 130 valence electrons. The van der Waals surface area contributed by atoms with Crippen LogP contribution in [-0.4, -0.2) is 61.9 Å². The second kappa shape index (κ2) is 8.61. The van der Waals surface area contributed by atoms with E-state index in [1.165, 1.54) is 0 Å². The van der Waals surface area contributed by atoms with E-state index in [1.54, 1.807) is 11.3 Å². The molecule has 1 fully saturated rings. The molecule has 2 rings (SSSR count). The Balaban J connectivity index is 1.58. The smallest absolute Gasteiger partial charge is 0.314 e. The van der Waals surface area contributed by atoms with E-state index in [1.807, 2.05) is 0 Å². The number of urea groups is 1. The third-order valence-electron chi connectivity index (χ3n) is 3.76. The van der Waals surface area contributed by atoms with Crippen molar-refractivity contribution < 1.29 is 9.53 Å². The topological polar surface area (TPSA) is 66.5 Å². The lowest BCUT2D eigenvalue weighted by Crippen LogP contribution is -2.44. The lowest BCUT2D eigenvalue weighted by atomic mass is 9.93. The molecule has 0 radical (unpaired) electrons. The standard InChI is InChI=1S/C16H28N4O2S/c1-16(2,3)13-12-23-14(19-13)4-5-17-15(21)18-6-7-20-8-10-22-11-9-20/h12H,4-11H2,1-3H3,(H2,17,18,21). The van der Waals surface area contributed by atoms with Crippen LogP contribution in [0.2, 0.25) is 0 Å². The number of amides is 2. The summed E-state index contributed by atoms with van der Waals surface area (Å²) < 4.78 is 5.30. The van der Waals surface area contributed by atoms with Crippen LogP contribution in [0.25, 0.3) is 0 Å². The quantitative estimate of drug-likeness (QED) is 0.826. The van der Waals surface area contributed by atoms with Crippen molar-refractivity contribution in [1.82, 2.24) is 20.5 Å². The molecule has 1 aromatic rings. The minimum absolute atomic E-state index is 0.0824. The van der Waals surface area contributed by atoms with Gasteiger partial charge in [-0.25, -0.2) is 9.78 Å². The molecule has 0 bridgehead atoms. The average Bonchev–Trinajstić information content (AvgIpc) is 2.97. The van der Waals surface area contributed by atoms with Crippen molar-refractivity contribution in [2.75, 3.05) is 45.9 Å². The Hall–Kier alpha value is -1.18. The average molecular weight is 340 g/mol. The van der Waals surface area contributed by atoms with Gasteiger partial charge >= 0.3 is 6.03 Å². The number of nitrogens with one attached hydrogen (secondary N) is 2. The van der Waals surface area contributed by atoms with Crippen LogP contribution in [0.5, 0.6) is 0 Å². The van der Waals surface area contributed by atoms with Gasteiger partial charge in [0.2, 0.25) is 0 Å². The summed E-state index contributed by atoms with van der Waals surface area (Å²) in [6.45, 7) is 12.1. The van der Waals surface area contributed by atoms with Crippen molar-refractivity contribution in [3.8, 4) is 0 Å². The Morgan fingerprint density at radius 1 is 1.30 bits per heavy atom. The molecule has 0 unspecified atom stereocenters. The van der Waals surface area contributed by atoms with Crippen LogP contribution in [0.4, 0.5) is 4.79 Å². The second-order valence-corrected chi connectivity index (χ2v) is 7.71. The fourth-order valence-electron chi connectivity index (χ4n) is 2.27. The first-order valence-electron chi connectivity index (χ1n) is 8.22. The maximum atomic E-state index is 11.8. The molecule has 2 heterocycles. The van der Waals surface area contributed by atoms with Crippen LogP contribution in [0.1, 0.15) is 31.5 Å². The molecule has 0 saturated carbocycles. The van der Waals surface area contributed by atoms with Gasteiger partial charge in [0.15, 0.2) is 0 Å². The van der Waals surface area contributed by atoms with Crippen molar-refractivity contribution in [1.29, 1.82) is 0 Å². The van der Waals surface area contributed by atoms with Gasteiger partial charge in [-0.05, 0) is 0 Å². The Bertz CT molecular complexity index is 493. The number of carbonyl (C=O) groups excluding carboxylic acids is 1. The predicted octanol–water partition coefficient (Wildman–Crippen LogP) is 1.61. The largest absolute Gasteiger partial charge is 0.379 e. The van der Waals surface area contributed by atoms with Gasteiger partial charge < -0.3 is 15.4 Å². The maximum Gasteiger partial charge on any atom is 0.314 e. The highest BCUT2D eigenvalue weighted by atomic mass is 32.1. The molecular weight excluding hydrogens is 312 g/mol. The molecule has 23 heavy (non-hydrogen) atoms. The highest BCUT2D eigenvalue weighted by molar-refractivity contribution is 7.09. The predicted molar refractivity (Wildman–Crippen MR) is 93.2 cm³/mol. The third kappa shape index (κ3) is 6.45. The number of carbonyl (C=O) groups is 1. The van der Waals surface area contributed by atoms with Crippen LogP contribution < -0.4 is 10.6 Å². The molecule has 0 spiro atoms. The minimum Gasteiger partial charge on any atom is -0.379 e. The summed E-state index contributed by atoms with van der Waals surface area (Å²) in [5.41, 5.74) is 1.20. The highest BCUT2D eigenvalue weighted by Gasteiger charge is 2.17. The summed E-state index contributed by atoms with van der Waals surface area (Å²) in [5, 5.41) is 8.97. The number of thiazole rings is 1. The number of morpholine rings is 1. The van der Waals surface area contributed by atoms with E-state index in [4.69, 9.17) is 4.74 Å². The Morgan fingerprint density at radius 3 is 2.65 bits per heavy atom. The van der Waals surface area contributed by atoms with E-state index in [-0.39, 0.29) is 11.4 Å². The van der Waals surface area contributed by atoms with Gasteiger partial charge in [-0.3, -0.25) is 4.90 Å². The summed E-state index contributed by atoms with van der Waals surface area (Å²) in [6.07, 6.45) is 0.775. The van der Waals surface area contributed by atoms with Crippen LogP contribution in [0.15, 0.2) is 5.38 Å². The van der Waals surface area contributed by atoms with Crippen LogP contribution >= 0.6 is 11.3 Å². The molecule has 0 aromatic carbocycles. The van der Waals surface area contributed by atoms with Gasteiger partial charge in [0.05, 0.1) is 23.9 Å². The third-order valence-corrected chi connectivity index (χ3v) is 4.67. The molecule has 0 aliphatic carbocycles. The van der Waals surface area contributed by atoms with E-state index in [2.05, 4.69) is 46.7 Å². The number of aromatic nitrogens is 1. The molecule has 7 heteroatoms. The van der Waals surface area contributed by atoms with Gasteiger partial charge in [-0.1, -0.05) is 20.8 Å². The Labute approximate surface area is 142 Å². The first kappa shape index (κ1) is 18.2. The molecule has 6 nitrogen and oxygen atoms in total. The van der Waals surface area contributed by atoms with Gasteiger partial charge in [-0.2, -0.15) is 0 Å². The number of ether oxygens (including phenoxy) is 1. The minimum atomic E-state index is -0.106. The molecule has 2 N–H and O–H groups in total. The molecular formula is C16H28N4O2S. The van der Waals surface area contributed by atoms with Crippen LogP contribution in [-0.2, 0) is 16.6 Å². The second-order valence-electron chi connectivity index (χ2n) is 6.76.